The van der Waals surface area contributed by atoms with E-state index in [1.165, 1.54) is 36.4 Å². The van der Waals surface area contributed by atoms with Crippen LogP contribution in [0.5, 0.6) is 5.75 Å². The second-order valence-corrected chi connectivity index (χ2v) is 8.98. The number of amides is 1. The van der Waals surface area contributed by atoms with E-state index in [9.17, 15) is 19.1 Å². The first kappa shape index (κ1) is 25.3. The number of ether oxygens (including phenoxy) is 1. The highest BCUT2D eigenvalue weighted by Crippen LogP contribution is 2.30. The lowest BCUT2D eigenvalue weighted by molar-refractivity contribution is 0.0135. The van der Waals surface area contributed by atoms with Crippen LogP contribution in [-0.2, 0) is 6.42 Å². The predicted molar refractivity (Wildman–Crippen MR) is 133 cm³/mol. The first-order chi connectivity index (χ1) is 17.3. The van der Waals surface area contributed by atoms with Crippen LogP contribution in [0.2, 0.25) is 0 Å². The molecule has 1 aliphatic carbocycles. The predicted octanol–water partition coefficient (Wildman–Crippen LogP) is 3.38. The Labute approximate surface area is 209 Å². The lowest BCUT2D eigenvalue weighted by Crippen LogP contribution is -2.52. The molecule has 1 fully saturated rings. The van der Waals surface area contributed by atoms with Crippen molar-refractivity contribution in [3.05, 3.63) is 101 Å². The molecule has 0 saturated heterocycles. The van der Waals surface area contributed by atoms with E-state index in [2.05, 4.69) is 5.32 Å². The van der Waals surface area contributed by atoms with Gasteiger partial charge in [0.25, 0.3) is 5.91 Å². The molecule has 7 nitrogen and oxygen atoms in total. The van der Waals surface area contributed by atoms with Gasteiger partial charge in [0.2, 0.25) is 0 Å². The summed E-state index contributed by atoms with van der Waals surface area (Å²) >= 11 is 0. The molecule has 0 spiro atoms. The van der Waals surface area contributed by atoms with E-state index in [0.29, 0.717) is 12.1 Å². The minimum atomic E-state index is -1.07. The van der Waals surface area contributed by atoms with Crippen LogP contribution in [-0.4, -0.2) is 64.9 Å². The molecule has 0 aromatic heterocycles. The summed E-state index contributed by atoms with van der Waals surface area (Å²) in [6, 6.07) is 20.6. The van der Waals surface area contributed by atoms with Crippen LogP contribution in [0.1, 0.15) is 32.7 Å². The lowest BCUT2D eigenvalue weighted by Gasteiger charge is -2.32. The van der Waals surface area contributed by atoms with E-state index < -0.39 is 42.0 Å². The minimum absolute atomic E-state index is 0.0449. The summed E-state index contributed by atoms with van der Waals surface area (Å²) in [6.45, 7) is 0.623. The van der Waals surface area contributed by atoms with E-state index in [4.69, 9.17) is 9.84 Å². The van der Waals surface area contributed by atoms with Crippen LogP contribution in [0.15, 0.2) is 78.9 Å². The van der Waals surface area contributed by atoms with E-state index in [0.717, 1.165) is 12.0 Å². The Morgan fingerprint density at radius 1 is 1.00 bits per heavy atom. The number of carboxylic acid groups (broad SMARTS) is 1. The summed E-state index contributed by atoms with van der Waals surface area (Å²) < 4.78 is 20.1. The normalized spacial score (nSPS) is 21.3. The number of nitrogens with zero attached hydrogens (tertiary/aromatic N) is 1. The molecule has 1 amide bonds. The molecule has 0 heterocycles. The third-order valence-corrected chi connectivity index (χ3v) is 6.56. The van der Waals surface area contributed by atoms with Gasteiger partial charge in [-0.25, -0.2) is 9.18 Å². The Kier molecular flexibility index (Phi) is 7.97. The Bertz CT molecular complexity index is 1190. The Balaban J connectivity index is 1.51. The third kappa shape index (κ3) is 5.90. The summed E-state index contributed by atoms with van der Waals surface area (Å²) in [4.78, 5) is 26.1. The molecule has 3 N–H and O–H groups in total. The number of aliphatic hydroxyl groups is 1. The van der Waals surface area contributed by atoms with E-state index in [1.807, 2.05) is 42.3 Å². The van der Waals surface area contributed by atoms with Crippen molar-refractivity contribution in [2.24, 2.45) is 0 Å². The number of benzene rings is 3. The number of carbonyl (C=O) groups is 2. The molecule has 0 aliphatic heterocycles. The maximum absolute atomic E-state index is 14.2. The van der Waals surface area contributed by atoms with E-state index in [1.54, 1.807) is 12.1 Å². The zero-order chi connectivity index (χ0) is 25.7. The largest absolute Gasteiger partial charge is 0.485 e. The van der Waals surface area contributed by atoms with Gasteiger partial charge < -0.3 is 20.3 Å². The zero-order valence-electron chi connectivity index (χ0n) is 19.9. The molecule has 1 saturated carbocycles. The minimum Gasteiger partial charge on any atom is -0.485 e. The molecular formula is C28H29FN2O5. The number of likely N-dealkylation sites (N-methyl/N-ethyl adjacent to an activating group) is 1. The SMILES string of the molecule is CN(CCc1ccccc1)[C@@H]1[C@@H](O)[C@H](Oc2ccccc2F)C[C@H]1NC(=O)c1ccc(C(=O)O)cc1. The average molecular weight is 493 g/mol. The smallest absolute Gasteiger partial charge is 0.335 e. The van der Waals surface area contributed by atoms with Crippen molar-refractivity contribution < 1.29 is 28.9 Å². The van der Waals surface area contributed by atoms with E-state index in [-0.39, 0.29) is 17.7 Å². The third-order valence-electron chi connectivity index (χ3n) is 6.56. The van der Waals surface area contributed by atoms with Crippen LogP contribution in [0, 0.1) is 5.82 Å². The fraction of sp³-hybridized carbons (Fsp3) is 0.286. The topological polar surface area (TPSA) is 99.1 Å². The summed E-state index contributed by atoms with van der Waals surface area (Å²) in [6.07, 6.45) is -0.693. The molecule has 0 bridgehead atoms. The highest BCUT2D eigenvalue weighted by Gasteiger charge is 2.46. The summed E-state index contributed by atoms with van der Waals surface area (Å²) in [5, 5.41) is 23.3. The second-order valence-electron chi connectivity index (χ2n) is 8.98. The highest BCUT2D eigenvalue weighted by molar-refractivity contribution is 5.96. The molecule has 1 aliphatic rings. The van der Waals surface area contributed by atoms with Gasteiger partial charge in [-0.2, -0.15) is 0 Å². The molecule has 0 unspecified atom stereocenters. The second kappa shape index (κ2) is 11.3. The fourth-order valence-corrected chi connectivity index (χ4v) is 4.64. The van der Waals surface area contributed by atoms with Gasteiger partial charge in [0.1, 0.15) is 12.2 Å². The van der Waals surface area contributed by atoms with Crippen LogP contribution in [0.3, 0.4) is 0 Å². The van der Waals surface area contributed by atoms with Crippen LogP contribution >= 0.6 is 0 Å². The number of aromatic carboxylic acids is 1. The van der Waals surface area contributed by atoms with Crippen molar-refractivity contribution in [1.82, 2.24) is 10.2 Å². The monoisotopic (exact) mass is 492 g/mol. The molecule has 4 rings (SSSR count). The molecular weight excluding hydrogens is 463 g/mol. The van der Waals surface area contributed by atoms with Gasteiger partial charge in [-0.3, -0.25) is 9.69 Å². The Morgan fingerprint density at radius 3 is 2.31 bits per heavy atom. The maximum atomic E-state index is 14.2. The maximum Gasteiger partial charge on any atom is 0.335 e. The molecule has 0 radical (unpaired) electrons. The Morgan fingerprint density at radius 2 is 1.64 bits per heavy atom. The van der Waals surface area contributed by atoms with Crippen molar-refractivity contribution in [1.29, 1.82) is 0 Å². The number of hydrogen-bond acceptors (Lipinski definition) is 5. The van der Waals surface area contributed by atoms with Gasteiger partial charge in [0.05, 0.1) is 17.6 Å². The molecule has 8 heteroatoms. The van der Waals surface area contributed by atoms with Crippen LogP contribution in [0.4, 0.5) is 4.39 Å². The summed E-state index contributed by atoms with van der Waals surface area (Å²) in [5.74, 6) is -1.94. The summed E-state index contributed by atoms with van der Waals surface area (Å²) in [5.41, 5.74) is 1.54. The van der Waals surface area contributed by atoms with E-state index >= 15 is 0 Å². The highest BCUT2D eigenvalue weighted by atomic mass is 19.1. The number of nitrogens with one attached hydrogen (secondary N) is 1. The van der Waals surface area contributed by atoms with Crippen LogP contribution in [0.25, 0.3) is 0 Å². The number of halogens is 1. The van der Waals surface area contributed by atoms with Gasteiger partial charge in [-0.15, -0.1) is 0 Å². The molecule has 4 atom stereocenters. The van der Waals surface area contributed by atoms with Crippen molar-refractivity contribution in [3.8, 4) is 5.75 Å². The van der Waals surface area contributed by atoms with Crippen molar-refractivity contribution in [3.63, 3.8) is 0 Å². The Hall–Kier alpha value is -3.75. The summed E-state index contributed by atoms with van der Waals surface area (Å²) in [7, 11) is 1.88. The molecule has 188 valence electrons. The fourth-order valence-electron chi connectivity index (χ4n) is 4.64. The molecule has 3 aromatic carbocycles. The van der Waals surface area contributed by atoms with Gasteiger partial charge >= 0.3 is 5.97 Å². The first-order valence-corrected chi connectivity index (χ1v) is 11.8. The van der Waals surface area contributed by atoms with Crippen LogP contribution < -0.4 is 10.1 Å². The zero-order valence-corrected chi connectivity index (χ0v) is 19.9. The standard InChI is InChI=1S/C28H29FN2O5/c1-31(16-15-18-7-3-2-4-8-18)25-22(30-27(33)19-11-13-20(14-12-19)28(34)35)17-24(26(25)32)36-23-10-6-5-9-21(23)29/h2-14,22,24-26,32H,15-17H2,1H3,(H,30,33)(H,34,35)/t22-,24-,25+,26+/m1/s1. The van der Waals surface area contributed by atoms with Crippen molar-refractivity contribution in [2.45, 2.75) is 37.1 Å². The number of para-hydroxylation sites is 1. The first-order valence-electron chi connectivity index (χ1n) is 11.8. The van der Waals surface area contributed by atoms with Gasteiger partial charge in [0.15, 0.2) is 11.6 Å². The average Bonchev–Trinajstić information content (AvgIpc) is 3.18. The number of carbonyl (C=O) groups excluding carboxylic acids is 1. The quantitative estimate of drug-likeness (QED) is 0.424. The lowest BCUT2D eigenvalue weighted by atomic mass is 10.1. The van der Waals surface area contributed by atoms with Crippen molar-refractivity contribution in [2.75, 3.05) is 13.6 Å². The van der Waals surface area contributed by atoms with Gasteiger partial charge in [-0.1, -0.05) is 42.5 Å². The number of aliphatic hydroxyl groups excluding tert-OH is 1. The number of rotatable bonds is 9. The van der Waals surface area contributed by atoms with Gasteiger partial charge in [-0.05, 0) is 55.4 Å². The number of hydrogen-bond donors (Lipinski definition) is 3. The number of carboxylic acids is 1. The molecule has 3 aromatic rings. The molecule has 36 heavy (non-hydrogen) atoms. The van der Waals surface area contributed by atoms with Crippen molar-refractivity contribution >= 4 is 11.9 Å². The van der Waals surface area contributed by atoms with Gasteiger partial charge in [0, 0.05) is 18.5 Å².